The van der Waals surface area contributed by atoms with E-state index in [-0.39, 0.29) is 17.0 Å². The predicted molar refractivity (Wildman–Crippen MR) is 82.1 cm³/mol. The Kier molecular flexibility index (Phi) is 3.27. The van der Waals surface area contributed by atoms with Gasteiger partial charge in [-0.3, -0.25) is 4.79 Å². The van der Waals surface area contributed by atoms with Gasteiger partial charge in [0, 0.05) is 18.1 Å². The van der Waals surface area contributed by atoms with Gasteiger partial charge in [0.05, 0.1) is 6.20 Å². The number of hydrogen-bond donors (Lipinski definition) is 3. The molecule has 2 fully saturated rings. The van der Waals surface area contributed by atoms with Crippen LogP contribution < -0.4 is 16.0 Å². The largest absolute Gasteiger partial charge is 0.351 e. The molecule has 0 aromatic carbocycles. The van der Waals surface area contributed by atoms with E-state index < -0.39 is 5.79 Å². The van der Waals surface area contributed by atoms with Crippen molar-refractivity contribution in [3.8, 4) is 0 Å². The molecule has 0 radical (unpaired) electrons. The third-order valence-electron chi connectivity index (χ3n) is 4.48. The highest BCUT2D eigenvalue weighted by Gasteiger charge is 2.40. The number of halogens is 1. The number of fused-ring (bicyclic) bond motifs is 2. The van der Waals surface area contributed by atoms with E-state index in [2.05, 4.69) is 20.9 Å². The van der Waals surface area contributed by atoms with E-state index in [4.69, 9.17) is 0 Å². The number of hydrogen-bond acceptors (Lipinski definition) is 5. The number of aromatic nitrogens is 1. The summed E-state index contributed by atoms with van der Waals surface area (Å²) in [4.78, 5) is 16.9. The lowest BCUT2D eigenvalue weighted by atomic mass is 9.95. The van der Waals surface area contributed by atoms with Crippen molar-refractivity contribution in [2.45, 2.75) is 43.2 Å². The zero-order valence-electron chi connectivity index (χ0n) is 11.9. The maximum Gasteiger partial charge on any atom is 0.263 e. The third kappa shape index (κ3) is 2.34. The normalized spacial score (nSPS) is 35.6. The monoisotopic (exact) mass is 320 g/mol. The van der Waals surface area contributed by atoms with E-state index in [0.717, 1.165) is 24.2 Å². The van der Waals surface area contributed by atoms with Gasteiger partial charge in [-0.15, -0.1) is 11.3 Å². The van der Waals surface area contributed by atoms with Crippen LogP contribution >= 0.6 is 11.3 Å². The van der Waals surface area contributed by atoms with Crippen molar-refractivity contribution in [2.24, 2.45) is 0 Å². The molecule has 22 heavy (non-hydrogen) atoms. The first-order valence-corrected chi connectivity index (χ1v) is 8.30. The Hall–Kier alpha value is -1.73. The summed E-state index contributed by atoms with van der Waals surface area (Å²) < 4.78 is 14.7. The van der Waals surface area contributed by atoms with Crippen LogP contribution in [0.3, 0.4) is 0 Å². The number of thiazole rings is 1. The van der Waals surface area contributed by atoms with Crippen LogP contribution in [0, 0.1) is 0 Å². The zero-order valence-corrected chi connectivity index (χ0v) is 12.7. The minimum atomic E-state index is -1.83. The number of allylic oxidation sites excluding steroid dienone is 2. The van der Waals surface area contributed by atoms with Crippen LogP contribution in [0.15, 0.2) is 30.6 Å². The number of dihydropyridines is 1. The van der Waals surface area contributed by atoms with Crippen LogP contribution in [0.1, 0.15) is 33.9 Å². The summed E-state index contributed by atoms with van der Waals surface area (Å²) in [5.74, 6) is -1.99. The van der Waals surface area contributed by atoms with Crippen molar-refractivity contribution in [1.29, 1.82) is 0 Å². The summed E-state index contributed by atoms with van der Waals surface area (Å²) in [6, 6.07) is 1.08. The number of carbonyl (C=O) groups is 1. The van der Waals surface area contributed by atoms with E-state index >= 15 is 0 Å². The molecule has 1 unspecified atom stereocenters. The summed E-state index contributed by atoms with van der Waals surface area (Å²) in [6.45, 7) is 0. The highest BCUT2D eigenvalue weighted by Crippen LogP contribution is 2.31. The number of amides is 1. The number of rotatable bonds is 3. The molecule has 0 spiro atoms. The molecule has 5 nitrogen and oxygen atoms in total. The zero-order chi connectivity index (χ0) is 15.2. The first kappa shape index (κ1) is 13.9. The van der Waals surface area contributed by atoms with Gasteiger partial charge in [-0.25, -0.2) is 9.37 Å². The second-order valence-corrected chi connectivity index (χ2v) is 7.00. The van der Waals surface area contributed by atoms with Gasteiger partial charge in [0.15, 0.2) is 5.01 Å². The van der Waals surface area contributed by atoms with E-state index in [0.29, 0.717) is 17.0 Å². The fourth-order valence-corrected chi connectivity index (χ4v) is 4.21. The minimum absolute atomic E-state index is 0.165. The van der Waals surface area contributed by atoms with Crippen molar-refractivity contribution in [3.05, 3.63) is 40.5 Å². The van der Waals surface area contributed by atoms with E-state index in [1.54, 1.807) is 12.2 Å². The molecule has 3 N–H and O–H groups in total. The summed E-state index contributed by atoms with van der Waals surface area (Å²) in [7, 11) is 0. The number of nitrogens with one attached hydrogen (secondary N) is 3. The Balaban J connectivity index is 1.46. The SMILES string of the molecule is O=C(N[C@@H]1C[C@H]2CC[C@@H]1N2)c1cnc(C2(F)C=CC=CN2)s1. The molecule has 4 rings (SSSR count). The molecular weight excluding hydrogens is 303 g/mol. The molecule has 2 saturated heterocycles. The standard InChI is InChI=1S/C15H17FN4OS/c16-15(5-1-2-6-18-15)14-17-8-12(22-14)13(21)20-11-7-9-3-4-10(11)19-9/h1-2,5-6,8-11,18-19H,3-4,7H2,(H,20,21)/t9-,10+,11-,15?/m1/s1. The summed E-state index contributed by atoms with van der Waals surface area (Å²) in [6.07, 6.45) is 11.0. The first-order valence-electron chi connectivity index (χ1n) is 7.48. The number of nitrogens with zero attached hydrogens (tertiary/aromatic N) is 1. The van der Waals surface area contributed by atoms with Gasteiger partial charge in [0.1, 0.15) is 4.88 Å². The molecule has 3 aliphatic heterocycles. The van der Waals surface area contributed by atoms with Gasteiger partial charge >= 0.3 is 0 Å². The topological polar surface area (TPSA) is 66.0 Å². The Morgan fingerprint density at radius 1 is 1.45 bits per heavy atom. The van der Waals surface area contributed by atoms with Crippen molar-refractivity contribution in [1.82, 2.24) is 20.9 Å². The third-order valence-corrected chi connectivity index (χ3v) is 5.59. The molecule has 7 heteroatoms. The summed E-state index contributed by atoms with van der Waals surface area (Å²) >= 11 is 1.08. The smallest absolute Gasteiger partial charge is 0.263 e. The van der Waals surface area contributed by atoms with Crippen LogP contribution in [0.5, 0.6) is 0 Å². The quantitative estimate of drug-likeness (QED) is 0.740. The van der Waals surface area contributed by atoms with Crippen LogP contribution in [-0.4, -0.2) is 29.0 Å². The van der Waals surface area contributed by atoms with E-state index in [1.165, 1.54) is 24.9 Å². The fourth-order valence-electron chi connectivity index (χ4n) is 3.36. The van der Waals surface area contributed by atoms with Gasteiger partial charge in [-0.2, -0.15) is 0 Å². The lowest BCUT2D eigenvalue weighted by Gasteiger charge is -2.21. The molecule has 3 aliphatic rings. The van der Waals surface area contributed by atoms with Crippen LogP contribution in [0.2, 0.25) is 0 Å². The first-order chi connectivity index (χ1) is 10.6. The molecule has 1 amide bonds. The number of carbonyl (C=O) groups excluding carboxylic acids is 1. The predicted octanol–water partition coefficient (Wildman–Crippen LogP) is 1.56. The van der Waals surface area contributed by atoms with Crippen molar-refractivity contribution in [3.63, 3.8) is 0 Å². The molecular formula is C15H17FN4OS. The highest BCUT2D eigenvalue weighted by atomic mass is 32.1. The minimum Gasteiger partial charge on any atom is -0.351 e. The molecule has 1 aromatic rings. The lowest BCUT2D eigenvalue weighted by Crippen LogP contribution is -2.42. The van der Waals surface area contributed by atoms with Crippen molar-refractivity contribution < 1.29 is 9.18 Å². The van der Waals surface area contributed by atoms with Crippen LogP contribution in [0.25, 0.3) is 0 Å². The average Bonchev–Trinajstić information content (AvgIpc) is 3.24. The van der Waals surface area contributed by atoms with Gasteiger partial charge in [-0.1, -0.05) is 6.08 Å². The molecule has 0 aliphatic carbocycles. The second kappa shape index (κ2) is 5.17. The molecule has 116 valence electrons. The molecule has 4 atom stereocenters. The summed E-state index contributed by atoms with van der Waals surface area (Å²) in [5, 5.41) is 9.40. The average molecular weight is 320 g/mol. The summed E-state index contributed by atoms with van der Waals surface area (Å²) in [5.41, 5.74) is 0. The van der Waals surface area contributed by atoms with E-state index in [1.807, 2.05) is 0 Å². The fraction of sp³-hybridized carbons (Fsp3) is 0.467. The Morgan fingerprint density at radius 3 is 3.05 bits per heavy atom. The maximum absolute atomic E-state index is 14.7. The van der Waals surface area contributed by atoms with Gasteiger partial charge in [0.2, 0.25) is 0 Å². The molecule has 0 saturated carbocycles. The second-order valence-electron chi connectivity index (χ2n) is 5.97. The molecule has 4 heterocycles. The van der Waals surface area contributed by atoms with Gasteiger partial charge in [-0.05, 0) is 37.6 Å². The van der Waals surface area contributed by atoms with E-state index in [9.17, 15) is 9.18 Å². The Bertz CT molecular complexity index is 658. The van der Waals surface area contributed by atoms with Crippen LogP contribution in [0.4, 0.5) is 4.39 Å². The Labute approximate surface area is 131 Å². The number of alkyl halides is 1. The van der Waals surface area contributed by atoms with Crippen LogP contribution in [-0.2, 0) is 5.79 Å². The van der Waals surface area contributed by atoms with Crippen molar-refractivity contribution >= 4 is 17.2 Å². The lowest BCUT2D eigenvalue weighted by molar-refractivity contribution is 0.0935. The Morgan fingerprint density at radius 2 is 2.36 bits per heavy atom. The van der Waals surface area contributed by atoms with Crippen molar-refractivity contribution in [2.75, 3.05) is 0 Å². The molecule has 2 bridgehead atoms. The highest BCUT2D eigenvalue weighted by molar-refractivity contribution is 7.13. The van der Waals surface area contributed by atoms with Gasteiger partial charge < -0.3 is 16.0 Å². The van der Waals surface area contributed by atoms with Gasteiger partial charge in [0.25, 0.3) is 11.7 Å². The molecule has 1 aromatic heterocycles. The maximum atomic E-state index is 14.7.